The van der Waals surface area contributed by atoms with Gasteiger partial charge in [-0.15, -0.1) is 0 Å². The van der Waals surface area contributed by atoms with Crippen molar-refractivity contribution < 1.29 is 13.9 Å². The number of nitrogens with one attached hydrogen (secondary N) is 3. The maximum Gasteiger partial charge on any atom is 0.299 e. The third kappa shape index (κ3) is 3.45. The number of nitrogens with zero attached hydrogens (tertiary/aromatic N) is 2. The second-order valence-electron chi connectivity index (χ2n) is 5.92. The molecule has 8 nitrogen and oxygen atoms in total. The summed E-state index contributed by atoms with van der Waals surface area (Å²) in [6, 6.07) is 11.5. The van der Waals surface area contributed by atoms with E-state index in [1.807, 2.05) is 24.3 Å². The molecule has 0 spiro atoms. The van der Waals surface area contributed by atoms with Gasteiger partial charge in [-0.05, 0) is 36.4 Å². The van der Waals surface area contributed by atoms with Gasteiger partial charge in [0.2, 0.25) is 5.91 Å². The number of oxazole rings is 1. The van der Waals surface area contributed by atoms with E-state index >= 15 is 0 Å². The zero-order valence-electron chi connectivity index (χ0n) is 14.7. The van der Waals surface area contributed by atoms with Gasteiger partial charge < -0.3 is 19.8 Å². The largest absolute Gasteiger partial charge is 0.495 e. The Kier molecular flexibility index (Phi) is 4.21. The predicted octanol–water partition coefficient (Wildman–Crippen LogP) is 3.93. The van der Waals surface area contributed by atoms with Gasteiger partial charge >= 0.3 is 0 Å². The monoisotopic (exact) mass is 363 g/mol. The number of rotatable bonds is 5. The molecule has 2 heterocycles. The van der Waals surface area contributed by atoms with Gasteiger partial charge in [0.1, 0.15) is 5.75 Å². The lowest BCUT2D eigenvalue weighted by Crippen LogP contribution is -2.07. The molecule has 4 aromatic rings. The predicted molar refractivity (Wildman–Crippen MR) is 102 cm³/mol. The Morgan fingerprint density at radius 2 is 2.07 bits per heavy atom. The minimum Gasteiger partial charge on any atom is -0.495 e. The lowest BCUT2D eigenvalue weighted by molar-refractivity contribution is -0.114. The molecule has 8 heteroatoms. The van der Waals surface area contributed by atoms with Crippen molar-refractivity contribution in [1.82, 2.24) is 15.2 Å². The first-order valence-electron chi connectivity index (χ1n) is 8.24. The summed E-state index contributed by atoms with van der Waals surface area (Å²) < 4.78 is 11.1. The third-order valence-electron chi connectivity index (χ3n) is 3.99. The van der Waals surface area contributed by atoms with Crippen molar-refractivity contribution >= 4 is 34.2 Å². The molecule has 2 aromatic heterocycles. The van der Waals surface area contributed by atoms with Crippen LogP contribution in [0.5, 0.6) is 5.75 Å². The summed E-state index contributed by atoms with van der Waals surface area (Å²) >= 11 is 0. The highest BCUT2D eigenvalue weighted by Gasteiger charge is 2.11. The summed E-state index contributed by atoms with van der Waals surface area (Å²) in [4.78, 5) is 15.7. The summed E-state index contributed by atoms with van der Waals surface area (Å²) in [6.07, 6.45) is 3.38. The second kappa shape index (κ2) is 6.83. The molecule has 0 fully saturated rings. The van der Waals surface area contributed by atoms with Crippen molar-refractivity contribution in [1.29, 1.82) is 0 Å². The highest BCUT2D eigenvalue weighted by Crippen LogP contribution is 2.32. The number of carbonyl (C=O) groups excluding carboxylic acids is 1. The van der Waals surface area contributed by atoms with Gasteiger partial charge in [0.25, 0.3) is 6.01 Å². The minimum absolute atomic E-state index is 0.181. The van der Waals surface area contributed by atoms with Gasteiger partial charge in [-0.1, -0.05) is 0 Å². The number of H-pyrrole nitrogens is 1. The SMILES string of the molecule is COc1ccc(-c2cnc(Nc3ccc4[nH]ncc4c3)o2)cc1NC(C)=O. The van der Waals surface area contributed by atoms with Gasteiger partial charge in [0.15, 0.2) is 5.76 Å². The number of aromatic nitrogens is 3. The molecule has 0 unspecified atom stereocenters. The fraction of sp³-hybridized carbons (Fsp3) is 0.105. The highest BCUT2D eigenvalue weighted by atomic mass is 16.5. The lowest BCUT2D eigenvalue weighted by atomic mass is 10.1. The summed E-state index contributed by atoms with van der Waals surface area (Å²) in [7, 11) is 1.55. The van der Waals surface area contributed by atoms with Gasteiger partial charge in [-0.3, -0.25) is 9.89 Å². The fourth-order valence-corrected chi connectivity index (χ4v) is 2.76. The first-order valence-corrected chi connectivity index (χ1v) is 8.24. The van der Waals surface area contributed by atoms with Crippen molar-refractivity contribution in [2.24, 2.45) is 0 Å². The van der Waals surface area contributed by atoms with E-state index in [1.54, 1.807) is 31.6 Å². The molecule has 0 aliphatic rings. The number of hydrogen-bond acceptors (Lipinski definition) is 6. The van der Waals surface area contributed by atoms with E-state index in [9.17, 15) is 4.79 Å². The van der Waals surface area contributed by atoms with Crippen LogP contribution in [-0.4, -0.2) is 28.2 Å². The molecule has 0 aliphatic carbocycles. The molecule has 0 aliphatic heterocycles. The Morgan fingerprint density at radius 1 is 1.19 bits per heavy atom. The zero-order chi connectivity index (χ0) is 18.8. The van der Waals surface area contributed by atoms with Crippen molar-refractivity contribution in [3.63, 3.8) is 0 Å². The normalized spacial score (nSPS) is 10.7. The summed E-state index contributed by atoms with van der Waals surface area (Å²) in [5.41, 5.74) is 3.13. The number of hydrogen-bond donors (Lipinski definition) is 3. The Morgan fingerprint density at radius 3 is 2.89 bits per heavy atom. The van der Waals surface area contributed by atoms with Crippen LogP contribution in [0.3, 0.4) is 0 Å². The van der Waals surface area contributed by atoms with Gasteiger partial charge in [-0.2, -0.15) is 5.10 Å². The first kappa shape index (κ1) is 16.6. The molecule has 1 amide bonds. The first-order chi connectivity index (χ1) is 13.1. The Labute approximate surface area is 154 Å². The van der Waals surface area contributed by atoms with Crippen LogP contribution in [0, 0.1) is 0 Å². The van der Waals surface area contributed by atoms with Gasteiger partial charge in [0.05, 0.1) is 30.7 Å². The van der Waals surface area contributed by atoms with Crippen LogP contribution in [-0.2, 0) is 4.79 Å². The number of anilines is 3. The van der Waals surface area contributed by atoms with Crippen LogP contribution < -0.4 is 15.4 Å². The molecule has 0 atom stereocenters. The van der Waals surface area contributed by atoms with Crippen molar-refractivity contribution in [3.05, 3.63) is 48.8 Å². The van der Waals surface area contributed by atoms with Gasteiger partial charge in [0, 0.05) is 23.6 Å². The average Bonchev–Trinajstić information content (AvgIpc) is 3.30. The molecular formula is C19H17N5O3. The summed E-state index contributed by atoms with van der Waals surface area (Å²) in [6.45, 7) is 1.44. The standard InChI is InChI=1S/C19H17N5O3/c1-11(25)22-16-8-12(3-6-17(16)26-2)18-10-20-19(27-18)23-14-4-5-15-13(7-14)9-21-24-15/h3-10H,1-2H3,(H,20,23)(H,21,24)(H,22,25). The van der Waals surface area contributed by atoms with Crippen molar-refractivity contribution in [2.75, 3.05) is 17.7 Å². The zero-order valence-corrected chi connectivity index (χ0v) is 14.7. The molecule has 0 saturated carbocycles. The number of methoxy groups -OCH3 is 1. The van der Waals surface area contributed by atoms with E-state index in [2.05, 4.69) is 25.8 Å². The smallest absolute Gasteiger partial charge is 0.299 e. The van der Waals surface area contributed by atoms with E-state index in [-0.39, 0.29) is 5.91 Å². The maximum absolute atomic E-state index is 11.4. The molecule has 0 radical (unpaired) electrons. The lowest BCUT2D eigenvalue weighted by Gasteiger charge is -2.10. The Hall–Kier alpha value is -3.81. The number of ether oxygens (including phenoxy) is 1. The fourth-order valence-electron chi connectivity index (χ4n) is 2.76. The number of amides is 1. The van der Waals surface area contributed by atoms with Crippen LogP contribution in [0.15, 0.2) is 53.2 Å². The van der Waals surface area contributed by atoms with Crippen molar-refractivity contribution in [2.45, 2.75) is 6.92 Å². The maximum atomic E-state index is 11.4. The molecule has 0 bridgehead atoms. The molecule has 2 aromatic carbocycles. The van der Waals surface area contributed by atoms with E-state index in [1.165, 1.54) is 6.92 Å². The molecule has 4 rings (SSSR count). The van der Waals surface area contributed by atoms with Crippen molar-refractivity contribution in [3.8, 4) is 17.1 Å². The third-order valence-corrected chi connectivity index (χ3v) is 3.99. The van der Waals surface area contributed by atoms with Gasteiger partial charge in [-0.25, -0.2) is 4.98 Å². The van der Waals surface area contributed by atoms with Crippen LogP contribution in [0.1, 0.15) is 6.92 Å². The summed E-state index contributed by atoms with van der Waals surface area (Å²) in [5, 5.41) is 13.8. The minimum atomic E-state index is -0.181. The highest BCUT2D eigenvalue weighted by molar-refractivity contribution is 5.91. The van der Waals surface area contributed by atoms with Crippen LogP contribution in [0.2, 0.25) is 0 Å². The second-order valence-corrected chi connectivity index (χ2v) is 5.92. The number of benzene rings is 2. The number of carbonyl (C=O) groups is 1. The molecular weight excluding hydrogens is 346 g/mol. The average molecular weight is 363 g/mol. The summed E-state index contributed by atoms with van der Waals surface area (Å²) in [5.74, 6) is 0.955. The van der Waals surface area contributed by atoms with E-state index in [0.717, 1.165) is 22.2 Å². The van der Waals surface area contributed by atoms with E-state index in [4.69, 9.17) is 9.15 Å². The Bertz CT molecular complexity index is 1120. The number of aromatic amines is 1. The van der Waals surface area contributed by atoms with E-state index < -0.39 is 0 Å². The number of fused-ring (bicyclic) bond motifs is 1. The molecule has 27 heavy (non-hydrogen) atoms. The van der Waals surface area contributed by atoms with Crippen LogP contribution >= 0.6 is 0 Å². The quantitative estimate of drug-likeness (QED) is 0.496. The van der Waals surface area contributed by atoms with Crippen LogP contribution in [0.25, 0.3) is 22.2 Å². The topological polar surface area (TPSA) is 105 Å². The Balaban J connectivity index is 1.59. The van der Waals surface area contributed by atoms with E-state index in [0.29, 0.717) is 23.2 Å². The molecule has 0 saturated heterocycles. The van der Waals surface area contributed by atoms with Crippen LogP contribution in [0.4, 0.5) is 17.4 Å². The molecule has 136 valence electrons. The molecule has 3 N–H and O–H groups in total.